The highest BCUT2D eigenvalue weighted by atomic mass is 16.2. The predicted molar refractivity (Wildman–Crippen MR) is 132 cm³/mol. The molecule has 2 aliphatic heterocycles. The van der Waals surface area contributed by atoms with E-state index >= 15 is 0 Å². The van der Waals surface area contributed by atoms with Crippen molar-refractivity contribution in [2.75, 3.05) is 9.80 Å². The molecule has 0 bridgehead atoms. The molecule has 36 heavy (non-hydrogen) atoms. The molecule has 2 aromatic carbocycles. The molecule has 0 saturated carbocycles. The van der Waals surface area contributed by atoms with E-state index in [1.807, 2.05) is 0 Å². The summed E-state index contributed by atoms with van der Waals surface area (Å²) in [6, 6.07) is 15.2. The average Bonchev–Trinajstić information content (AvgIpc) is 2.84. The summed E-state index contributed by atoms with van der Waals surface area (Å²) in [6.07, 6.45) is 5.89. The smallest absolute Gasteiger partial charge is 0.335 e. The minimum absolute atomic E-state index is 0.0153. The number of benzene rings is 2. The number of anilines is 2. The van der Waals surface area contributed by atoms with Crippen molar-refractivity contribution in [2.24, 2.45) is 5.92 Å². The standard InChI is InChI=1S/C27H21N4O5/c1-17(13-15-21-18(2)28-26(35)30(24(21)33)19-9-5-3-6-10-19)14-16-22-23(32)29-27(36)31(25(22)34)20-11-7-4-8-12-20/h2-16,21H,1H3,(H,28,35)(H,29,32,36)/q-1/b15-13+,17-14+,22-16-. The number of carbonyl (C=O) groups is 5. The zero-order valence-corrected chi connectivity index (χ0v) is 19.2. The number of allylic oxidation sites excluding steroid dienone is 4. The Hall–Kier alpha value is -5.05. The number of hydrogen-bond acceptors (Lipinski definition) is 5. The number of amides is 7. The highest BCUT2D eigenvalue weighted by Gasteiger charge is 2.36. The maximum atomic E-state index is 13.0. The number of para-hydroxylation sites is 2. The van der Waals surface area contributed by atoms with Crippen LogP contribution >= 0.6 is 0 Å². The third-order valence-electron chi connectivity index (χ3n) is 5.47. The van der Waals surface area contributed by atoms with Crippen LogP contribution in [0.2, 0.25) is 0 Å². The molecule has 0 aliphatic carbocycles. The van der Waals surface area contributed by atoms with Gasteiger partial charge in [-0.25, -0.2) is 19.4 Å². The second-order valence-corrected chi connectivity index (χ2v) is 7.96. The van der Waals surface area contributed by atoms with Crippen LogP contribution in [-0.4, -0.2) is 29.8 Å². The Morgan fingerprint density at radius 1 is 0.833 bits per heavy atom. The first-order valence-corrected chi connectivity index (χ1v) is 10.9. The molecule has 2 aliphatic rings. The number of nitrogens with one attached hydrogen (secondary N) is 2. The van der Waals surface area contributed by atoms with Crippen LogP contribution in [0, 0.1) is 12.5 Å². The van der Waals surface area contributed by atoms with Gasteiger partial charge in [-0.3, -0.25) is 19.7 Å². The third kappa shape index (κ3) is 4.76. The van der Waals surface area contributed by atoms with E-state index in [1.165, 1.54) is 18.2 Å². The minimum Gasteiger partial charge on any atom is -0.492 e. The maximum absolute atomic E-state index is 13.0. The Labute approximate surface area is 207 Å². The number of nitrogens with zero attached hydrogens (tertiary/aromatic N) is 2. The first-order valence-electron chi connectivity index (χ1n) is 10.9. The number of hydrogen-bond donors (Lipinski definition) is 2. The van der Waals surface area contributed by atoms with Crippen LogP contribution in [0.1, 0.15) is 6.92 Å². The van der Waals surface area contributed by atoms with Crippen LogP contribution in [0.25, 0.3) is 0 Å². The summed E-state index contributed by atoms with van der Waals surface area (Å²) in [5.41, 5.74) is 1.06. The molecule has 7 amide bonds. The van der Waals surface area contributed by atoms with Gasteiger partial charge in [0.05, 0.1) is 17.3 Å². The van der Waals surface area contributed by atoms with Crippen molar-refractivity contribution < 1.29 is 24.0 Å². The van der Waals surface area contributed by atoms with Crippen molar-refractivity contribution in [3.8, 4) is 0 Å². The van der Waals surface area contributed by atoms with E-state index in [2.05, 4.69) is 10.6 Å². The molecule has 9 heteroatoms. The Morgan fingerprint density at radius 2 is 1.39 bits per heavy atom. The highest BCUT2D eigenvalue weighted by Crippen LogP contribution is 2.25. The molecular weight excluding hydrogens is 460 g/mol. The molecule has 2 N–H and O–H groups in total. The fourth-order valence-electron chi connectivity index (χ4n) is 3.64. The van der Waals surface area contributed by atoms with Crippen molar-refractivity contribution in [2.45, 2.75) is 6.92 Å². The Bertz CT molecular complexity index is 1360. The van der Waals surface area contributed by atoms with Gasteiger partial charge >= 0.3 is 12.1 Å². The zero-order valence-electron chi connectivity index (χ0n) is 19.2. The number of imide groups is 3. The molecule has 0 spiro atoms. The first-order chi connectivity index (χ1) is 17.3. The normalized spacial score (nSPS) is 20.3. The Morgan fingerprint density at radius 3 is 2.00 bits per heavy atom. The van der Waals surface area contributed by atoms with E-state index in [1.54, 1.807) is 73.7 Å². The lowest BCUT2D eigenvalue weighted by molar-refractivity contribution is -0.123. The second kappa shape index (κ2) is 10.1. The summed E-state index contributed by atoms with van der Waals surface area (Å²) in [6.45, 7) is 7.61. The number of carbonyl (C=O) groups excluding carboxylic acids is 5. The first kappa shape index (κ1) is 24.1. The van der Waals surface area contributed by atoms with Gasteiger partial charge in [0, 0.05) is 0 Å². The summed E-state index contributed by atoms with van der Waals surface area (Å²) in [5, 5.41) is 4.65. The lowest BCUT2D eigenvalue weighted by atomic mass is 10.00. The SMILES string of the molecule is [CH-]=C1NC(=O)N(c2ccccc2)C(=O)C1/C=C/C(C)=C/C=C1/C(=O)NC(=O)N(c2ccccc2)C1=O. The molecule has 2 heterocycles. The number of barbiturate groups is 1. The lowest BCUT2D eigenvalue weighted by Gasteiger charge is -2.35. The van der Waals surface area contributed by atoms with E-state index in [0.29, 0.717) is 16.9 Å². The highest BCUT2D eigenvalue weighted by molar-refractivity contribution is 6.37. The Balaban J connectivity index is 1.54. The number of rotatable bonds is 5. The summed E-state index contributed by atoms with van der Waals surface area (Å²) < 4.78 is 0. The van der Waals surface area contributed by atoms with Crippen LogP contribution in [0.5, 0.6) is 0 Å². The topological polar surface area (TPSA) is 116 Å². The Kier molecular flexibility index (Phi) is 6.73. The van der Waals surface area contributed by atoms with E-state index in [0.717, 1.165) is 9.80 Å². The van der Waals surface area contributed by atoms with E-state index in [4.69, 9.17) is 6.58 Å². The maximum Gasteiger partial charge on any atom is 0.335 e. The molecule has 0 aromatic heterocycles. The van der Waals surface area contributed by atoms with Crippen LogP contribution in [-0.2, 0) is 14.4 Å². The van der Waals surface area contributed by atoms with Crippen molar-refractivity contribution >= 4 is 41.2 Å². The van der Waals surface area contributed by atoms with Gasteiger partial charge in [-0.1, -0.05) is 60.2 Å². The van der Waals surface area contributed by atoms with Gasteiger partial charge in [-0.15, -0.1) is 0 Å². The van der Waals surface area contributed by atoms with Crippen molar-refractivity contribution in [3.05, 3.63) is 108 Å². The van der Waals surface area contributed by atoms with Crippen LogP contribution in [0.4, 0.5) is 21.0 Å². The zero-order chi connectivity index (χ0) is 25.8. The fraction of sp³-hybridized carbons (Fsp3) is 0.0741. The van der Waals surface area contributed by atoms with Gasteiger partial charge in [0.1, 0.15) is 5.57 Å². The monoisotopic (exact) mass is 481 g/mol. The molecular formula is C27H21N4O5-. The van der Waals surface area contributed by atoms with Crippen molar-refractivity contribution in [1.82, 2.24) is 10.6 Å². The van der Waals surface area contributed by atoms with Crippen molar-refractivity contribution in [3.63, 3.8) is 0 Å². The van der Waals surface area contributed by atoms with Gasteiger partial charge < -0.3 is 11.9 Å². The summed E-state index contributed by atoms with van der Waals surface area (Å²) in [4.78, 5) is 64.6. The molecule has 9 nitrogen and oxygen atoms in total. The third-order valence-corrected chi connectivity index (χ3v) is 5.47. The molecule has 4 rings (SSSR count). The van der Waals surface area contributed by atoms with E-state index < -0.39 is 35.7 Å². The van der Waals surface area contributed by atoms with Gasteiger partial charge in [0.15, 0.2) is 0 Å². The molecule has 180 valence electrons. The molecule has 2 fully saturated rings. The molecule has 1 unspecified atom stereocenters. The largest absolute Gasteiger partial charge is 0.492 e. The van der Waals surface area contributed by atoms with E-state index in [9.17, 15) is 24.0 Å². The minimum atomic E-state index is -0.926. The lowest BCUT2D eigenvalue weighted by Crippen LogP contribution is -2.54. The van der Waals surface area contributed by atoms with Gasteiger partial charge in [-0.2, -0.15) is 5.70 Å². The average molecular weight is 481 g/mol. The van der Waals surface area contributed by atoms with Crippen LogP contribution < -0.4 is 20.4 Å². The summed E-state index contributed by atoms with van der Waals surface area (Å²) >= 11 is 0. The fourth-order valence-corrected chi connectivity index (χ4v) is 3.64. The molecule has 2 saturated heterocycles. The second-order valence-electron chi connectivity index (χ2n) is 7.96. The van der Waals surface area contributed by atoms with Crippen LogP contribution in [0.3, 0.4) is 0 Å². The van der Waals surface area contributed by atoms with Crippen LogP contribution in [0.15, 0.2) is 102 Å². The quantitative estimate of drug-likeness (QED) is 0.294. The van der Waals surface area contributed by atoms with Gasteiger partial charge in [0.25, 0.3) is 11.8 Å². The molecule has 1 atom stereocenters. The van der Waals surface area contributed by atoms with E-state index in [-0.39, 0.29) is 11.3 Å². The van der Waals surface area contributed by atoms with Gasteiger partial charge in [0.2, 0.25) is 5.91 Å². The summed E-state index contributed by atoms with van der Waals surface area (Å²) in [5.74, 6) is -3.02. The predicted octanol–water partition coefficient (Wildman–Crippen LogP) is 3.39. The number of urea groups is 2. The van der Waals surface area contributed by atoms with Crippen molar-refractivity contribution in [1.29, 1.82) is 0 Å². The van der Waals surface area contributed by atoms with Gasteiger partial charge in [-0.05, 0) is 37.3 Å². The molecule has 2 aromatic rings. The summed E-state index contributed by atoms with van der Waals surface area (Å²) in [7, 11) is 0. The molecule has 0 radical (unpaired) electrons.